The van der Waals surface area contributed by atoms with Gasteiger partial charge in [-0.05, 0) is 52.1 Å². The molecule has 1 aliphatic heterocycles. The van der Waals surface area contributed by atoms with Crippen LogP contribution in [0.2, 0.25) is 5.02 Å². The number of hydrogen-bond acceptors (Lipinski definition) is 5. The number of benzene rings is 4. The van der Waals surface area contributed by atoms with E-state index in [1.165, 1.54) is 4.90 Å². The quantitative estimate of drug-likeness (QED) is 0.193. The number of methoxy groups -OCH3 is 1. The van der Waals surface area contributed by atoms with Crippen molar-refractivity contribution in [2.24, 2.45) is 16.9 Å². The van der Waals surface area contributed by atoms with Gasteiger partial charge in [0.2, 0.25) is 17.7 Å². The average molecular weight is 576 g/mol. The Balaban J connectivity index is 1.33. The van der Waals surface area contributed by atoms with Crippen molar-refractivity contribution in [1.29, 1.82) is 0 Å². The fourth-order valence-corrected chi connectivity index (χ4v) is 7.31. The van der Waals surface area contributed by atoms with Crippen LogP contribution < -0.4 is 15.1 Å². The summed E-state index contributed by atoms with van der Waals surface area (Å²) < 4.78 is 5.20. The van der Waals surface area contributed by atoms with E-state index in [2.05, 4.69) is 10.5 Å². The molecule has 2 atom stereocenters. The Labute approximate surface area is 247 Å². The minimum absolute atomic E-state index is 0.118. The summed E-state index contributed by atoms with van der Waals surface area (Å²) in [7, 11) is 1.59. The molecule has 208 valence electrons. The molecule has 8 rings (SSSR count). The van der Waals surface area contributed by atoms with E-state index in [4.69, 9.17) is 16.3 Å². The maximum absolute atomic E-state index is 14.4. The van der Waals surface area contributed by atoms with Crippen LogP contribution in [0.4, 0.5) is 5.69 Å². The van der Waals surface area contributed by atoms with E-state index in [1.807, 2.05) is 60.7 Å². The van der Waals surface area contributed by atoms with E-state index >= 15 is 0 Å². The predicted octanol–water partition coefficient (Wildman–Crippen LogP) is 5.24. The molecular weight excluding hydrogens is 550 g/mol. The SMILES string of the molecule is COc1ccc(CC(=O)N/N=C\C23c4ccccc4C(c4ccccc42)[C@H]2C(=O)N(c4ccccc4Cl)C(=O)[C@@H]23)cc1. The summed E-state index contributed by atoms with van der Waals surface area (Å²) in [5.74, 6) is -1.93. The largest absolute Gasteiger partial charge is 0.497 e. The Hall–Kier alpha value is -4.75. The maximum atomic E-state index is 14.4. The van der Waals surface area contributed by atoms with Gasteiger partial charge in [-0.25, -0.2) is 10.3 Å². The van der Waals surface area contributed by atoms with Crippen LogP contribution in [0.25, 0.3) is 0 Å². The molecule has 0 saturated carbocycles. The van der Waals surface area contributed by atoms with Gasteiger partial charge in [0.1, 0.15) is 5.75 Å². The molecular formula is C34H26ClN3O4. The second-order valence-corrected chi connectivity index (χ2v) is 11.2. The number of nitrogens with zero attached hydrogens (tertiary/aromatic N) is 2. The molecule has 3 aliphatic carbocycles. The number of ether oxygens (including phenoxy) is 1. The monoisotopic (exact) mass is 575 g/mol. The van der Waals surface area contributed by atoms with Crippen molar-refractivity contribution in [3.63, 3.8) is 0 Å². The Morgan fingerprint density at radius 2 is 1.52 bits per heavy atom. The number of anilines is 1. The summed E-state index contributed by atoms with van der Waals surface area (Å²) in [6.07, 6.45) is 1.78. The lowest BCUT2D eigenvalue weighted by Crippen LogP contribution is -2.54. The van der Waals surface area contributed by atoms with Crippen LogP contribution in [0, 0.1) is 11.8 Å². The molecule has 0 unspecified atom stereocenters. The summed E-state index contributed by atoms with van der Waals surface area (Å²) in [5, 5.41) is 4.80. The summed E-state index contributed by atoms with van der Waals surface area (Å²) in [6, 6.07) is 29.9. The van der Waals surface area contributed by atoms with Crippen molar-refractivity contribution in [2.45, 2.75) is 17.8 Å². The average Bonchev–Trinajstić information content (AvgIpc) is 3.28. The Bertz CT molecular complexity index is 1740. The van der Waals surface area contributed by atoms with E-state index in [9.17, 15) is 14.4 Å². The number of imide groups is 1. The van der Waals surface area contributed by atoms with Crippen LogP contribution in [-0.2, 0) is 26.2 Å². The van der Waals surface area contributed by atoms with Crippen LogP contribution >= 0.6 is 11.6 Å². The van der Waals surface area contributed by atoms with Gasteiger partial charge in [-0.15, -0.1) is 0 Å². The van der Waals surface area contributed by atoms with Gasteiger partial charge in [0.25, 0.3) is 0 Å². The Morgan fingerprint density at radius 1 is 0.905 bits per heavy atom. The highest BCUT2D eigenvalue weighted by Gasteiger charge is 2.68. The van der Waals surface area contributed by atoms with Crippen LogP contribution in [0.3, 0.4) is 0 Å². The van der Waals surface area contributed by atoms with Crippen molar-refractivity contribution in [3.05, 3.63) is 130 Å². The first-order valence-electron chi connectivity index (χ1n) is 13.7. The highest BCUT2D eigenvalue weighted by Crippen LogP contribution is 2.63. The number of hydrazone groups is 1. The number of nitrogens with one attached hydrogen (secondary N) is 1. The second-order valence-electron chi connectivity index (χ2n) is 10.8. The number of carbonyl (C=O) groups excluding carboxylic acids is 3. The molecule has 42 heavy (non-hydrogen) atoms. The van der Waals surface area contributed by atoms with Gasteiger partial charge in [-0.1, -0.05) is 84.4 Å². The van der Waals surface area contributed by atoms with E-state index in [1.54, 1.807) is 49.7 Å². The van der Waals surface area contributed by atoms with Gasteiger partial charge < -0.3 is 4.74 Å². The van der Waals surface area contributed by atoms with Crippen molar-refractivity contribution in [1.82, 2.24) is 5.43 Å². The topological polar surface area (TPSA) is 88.1 Å². The minimum Gasteiger partial charge on any atom is -0.497 e. The number of amides is 3. The van der Waals surface area contributed by atoms with Gasteiger partial charge >= 0.3 is 0 Å². The first-order valence-corrected chi connectivity index (χ1v) is 14.1. The van der Waals surface area contributed by atoms with Crippen LogP contribution in [0.1, 0.15) is 33.7 Å². The zero-order valence-corrected chi connectivity index (χ0v) is 23.4. The maximum Gasteiger partial charge on any atom is 0.244 e. The molecule has 1 fully saturated rings. The van der Waals surface area contributed by atoms with Gasteiger partial charge in [0, 0.05) is 12.1 Å². The lowest BCUT2D eigenvalue weighted by atomic mass is 9.47. The molecule has 4 aromatic carbocycles. The van der Waals surface area contributed by atoms with Crippen LogP contribution in [0.15, 0.2) is 102 Å². The third-order valence-electron chi connectivity index (χ3n) is 8.76. The first-order chi connectivity index (χ1) is 20.5. The molecule has 2 bridgehead atoms. The molecule has 1 saturated heterocycles. The van der Waals surface area contributed by atoms with Crippen LogP contribution in [-0.4, -0.2) is 31.0 Å². The number of para-hydroxylation sites is 1. The van der Waals surface area contributed by atoms with Crippen molar-refractivity contribution >= 4 is 41.2 Å². The van der Waals surface area contributed by atoms with Crippen molar-refractivity contribution < 1.29 is 19.1 Å². The standard InChI is InChI=1S/C34H26ClN3O4/c1-42-21-16-14-20(15-17-21)18-28(39)37-36-19-34-24-10-4-2-8-22(24)29(23-9-3-5-11-25(23)34)30-31(34)33(41)38(32(30)40)27-13-7-6-12-26(27)35/h2-17,19,29-31H,18H2,1H3,(H,37,39)/b36-19-/t29?,30-,31-,34?/m1/s1. The van der Waals surface area contributed by atoms with E-state index < -0.39 is 17.3 Å². The second kappa shape index (κ2) is 9.96. The van der Waals surface area contributed by atoms with E-state index in [0.29, 0.717) is 16.5 Å². The normalized spacial score (nSPS) is 23.5. The number of rotatable bonds is 6. The highest BCUT2D eigenvalue weighted by atomic mass is 35.5. The van der Waals surface area contributed by atoms with E-state index in [0.717, 1.165) is 27.8 Å². The van der Waals surface area contributed by atoms with Gasteiger partial charge in [0.15, 0.2) is 0 Å². The Kier molecular flexibility index (Phi) is 6.21. The zero-order chi connectivity index (χ0) is 29.0. The van der Waals surface area contributed by atoms with Crippen molar-refractivity contribution in [3.8, 4) is 5.75 Å². The number of hydrogen-bond donors (Lipinski definition) is 1. The van der Waals surface area contributed by atoms with E-state index in [-0.39, 0.29) is 30.1 Å². The minimum atomic E-state index is -1.08. The summed E-state index contributed by atoms with van der Waals surface area (Å²) >= 11 is 6.51. The fourth-order valence-electron chi connectivity index (χ4n) is 7.09. The third kappa shape index (κ3) is 3.73. The summed E-state index contributed by atoms with van der Waals surface area (Å²) in [5.41, 5.74) is 6.55. The highest BCUT2D eigenvalue weighted by molar-refractivity contribution is 6.36. The smallest absolute Gasteiger partial charge is 0.244 e. The molecule has 4 aliphatic rings. The third-order valence-corrected chi connectivity index (χ3v) is 9.08. The predicted molar refractivity (Wildman–Crippen MR) is 160 cm³/mol. The number of carbonyl (C=O) groups is 3. The lowest BCUT2D eigenvalue weighted by Gasteiger charge is -2.52. The van der Waals surface area contributed by atoms with Gasteiger partial charge in [0.05, 0.1) is 41.5 Å². The summed E-state index contributed by atoms with van der Waals surface area (Å²) in [6.45, 7) is 0. The molecule has 7 nitrogen and oxygen atoms in total. The van der Waals surface area contributed by atoms with Gasteiger partial charge in [-0.3, -0.25) is 14.4 Å². The molecule has 4 aromatic rings. The number of halogens is 1. The molecule has 8 heteroatoms. The van der Waals surface area contributed by atoms with Gasteiger partial charge in [-0.2, -0.15) is 5.10 Å². The summed E-state index contributed by atoms with van der Waals surface area (Å²) in [4.78, 5) is 42.8. The lowest BCUT2D eigenvalue weighted by molar-refractivity contribution is -0.123. The molecule has 0 spiro atoms. The molecule has 0 radical (unpaired) electrons. The zero-order valence-electron chi connectivity index (χ0n) is 22.7. The molecule has 1 N–H and O–H groups in total. The Morgan fingerprint density at radius 3 is 2.17 bits per heavy atom. The molecule has 3 amide bonds. The molecule has 1 heterocycles. The molecule has 0 aromatic heterocycles. The fraction of sp³-hybridized carbons (Fsp3) is 0.176. The first kappa shape index (κ1) is 26.2. The van der Waals surface area contributed by atoms with Crippen LogP contribution in [0.5, 0.6) is 5.75 Å². The van der Waals surface area contributed by atoms with Crippen molar-refractivity contribution in [2.75, 3.05) is 12.0 Å².